The molecule has 1 spiro atoms. The van der Waals surface area contributed by atoms with Gasteiger partial charge in [-0.1, -0.05) is 49.6 Å². The molecule has 6 nitrogen and oxygen atoms in total. The molecule has 0 aromatic heterocycles. The lowest BCUT2D eigenvalue weighted by Gasteiger charge is -2.38. The van der Waals surface area contributed by atoms with Gasteiger partial charge in [-0.3, -0.25) is 14.6 Å². The van der Waals surface area contributed by atoms with Crippen molar-refractivity contribution in [1.29, 1.82) is 0 Å². The van der Waals surface area contributed by atoms with Crippen LogP contribution in [0.15, 0.2) is 48.5 Å². The monoisotopic (exact) mass is 451 g/mol. The first-order valence-corrected chi connectivity index (χ1v) is 12.1. The molecule has 2 saturated heterocycles. The van der Waals surface area contributed by atoms with Crippen LogP contribution in [0.2, 0.25) is 0 Å². The minimum atomic E-state index is -1.31. The molecule has 2 atom stereocenters. The minimum absolute atomic E-state index is 0.0197. The molecular weight excluding hydrogens is 421 g/mol. The van der Waals surface area contributed by atoms with Crippen molar-refractivity contribution >= 4 is 17.3 Å². The molecule has 3 fully saturated rings. The van der Waals surface area contributed by atoms with E-state index in [4.69, 9.17) is 9.47 Å². The van der Waals surface area contributed by atoms with Crippen LogP contribution in [-0.4, -0.2) is 55.9 Å². The molecule has 7 heteroatoms. The van der Waals surface area contributed by atoms with Gasteiger partial charge in [0.25, 0.3) is 11.7 Å². The van der Waals surface area contributed by atoms with Crippen molar-refractivity contribution in [2.75, 3.05) is 42.6 Å². The average Bonchev–Trinajstić information content (AvgIpc) is 3.21. The van der Waals surface area contributed by atoms with Crippen molar-refractivity contribution in [1.82, 2.24) is 4.90 Å². The number of ether oxygens (including phenoxy) is 2. The number of hydrogen-bond donors (Lipinski definition) is 0. The normalized spacial score (nSPS) is 29.9. The fourth-order valence-electron chi connectivity index (χ4n) is 5.76. The Morgan fingerprint density at radius 3 is 2.18 bits per heavy atom. The van der Waals surface area contributed by atoms with E-state index in [1.54, 1.807) is 6.07 Å². The van der Waals surface area contributed by atoms with Crippen molar-refractivity contribution in [3.8, 4) is 0 Å². The summed E-state index contributed by atoms with van der Waals surface area (Å²) in [5.41, 5.74) is 2.34. The molecule has 3 aliphatic heterocycles. The van der Waals surface area contributed by atoms with E-state index in [1.807, 2.05) is 41.3 Å². The number of halogens is 1. The second-order valence-corrected chi connectivity index (χ2v) is 9.52. The zero-order chi connectivity index (χ0) is 22.4. The van der Waals surface area contributed by atoms with Gasteiger partial charge in [-0.25, -0.2) is 4.39 Å². The van der Waals surface area contributed by atoms with Gasteiger partial charge in [0.2, 0.25) is 0 Å². The summed E-state index contributed by atoms with van der Waals surface area (Å²) in [7, 11) is 0. The van der Waals surface area contributed by atoms with Crippen LogP contribution in [0.3, 0.4) is 0 Å². The summed E-state index contributed by atoms with van der Waals surface area (Å²) in [5.74, 6) is -1.62. The molecule has 2 aromatic rings. The molecule has 3 heterocycles. The number of carbonyl (C=O) groups is 1. The number of rotatable bonds is 3. The molecule has 1 saturated carbocycles. The maximum absolute atomic E-state index is 14.2. The van der Waals surface area contributed by atoms with E-state index < -0.39 is 5.79 Å². The third-order valence-corrected chi connectivity index (χ3v) is 7.51. The van der Waals surface area contributed by atoms with E-state index in [1.165, 1.54) is 12.5 Å². The van der Waals surface area contributed by atoms with Gasteiger partial charge in [0, 0.05) is 31.7 Å². The molecule has 2 aromatic carbocycles. The Morgan fingerprint density at radius 1 is 0.848 bits per heavy atom. The first-order valence-electron chi connectivity index (χ1n) is 12.1. The van der Waals surface area contributed by atoms with E-state index in [-0.39, 0.29) is 23.9 Å². The molecule has 0 radical (unpaired) electrons. The molecule has 0 N–H and O–H groups in total. The smallest absolute Gasteiger partial charge is 0.293 e. The molecular formula is C26H30FN3O3. The summed E-state index contributed by atoms with van der Waals surface area (Å²) in [6.45, 7) is 3.41. The standard InChI is InChI=1S/C26H30FN3O3/c27-20-9-5-7-11-22(20)29-16-14-28(15-17-29)18-30-21-10-6-4-8-19(21)26(25(30)31)32-23-12-2-1-3-13-24(23)33-26/h4-11,23-24H,1-3,12-18H2. The van der Waals surface area contributed by atoms with Crippen LogP contribution in [0.4, 0.5) is 15.8 Å². The molecule has 1 aliphatic carbocycles. The highest BCUT2D eigenvalue weighted by Crippen LogP contribution is 2.50. The van der Waals surface area contributed by atoms with Gasteiger partial charge < -0.3 is 14.4 Å². The predicted octanol–water partition coefficient (Wildman–Crippen LogP) is 3.85. The zero-order valence-electron chi connectivity index (χ0n) is 18.8. The SMILES string of the molecule is O=C1N(CN2CCN(c3ccccc3F)CC2)c2ccccc2C12OC1CCCCCC1O2. The van der Waals surface area contributed by atoms with Crippen LogP contribution in [0.1, 0.15) is 37.7 Å². The highest BCUT2D eigenvalue weighted by molar-refractivity contribution is 6.06. The van der Waals surface area contributed by atoms with Crippen LogP contribution in [0, 0.1) is 5.82 Å². The van der Waals surface area contributed by atoms with Gasteiger partial charge in [-0.15, -0.1) is 0 Å². The highest BCUT2D eigenvalue weighted by Gasteiger charge is 2.61. The Morgan fingerprint density at radius 2 is 1.48 bits per heavy atom. The summed E-state index contributed by atoms with van der Waals surface area (Å²) < 4.78 is 27.1. The lowest BCUT2D eigenvalue weighted by Crippen LogP contribution is -2.52. The quantitative estimate of drug-likeness (QED) is 0.709. The maximum atomic E-state index is 14.2. The molecule has 174 valence electrons. The number of fused-ring (bicyclic) bond motifs is 3. The molecule has 33 heavy (non-hydrogen) atoms. The fraction of sp³-hybridized carbons (Fsp3) is 0.500. The Bertz CT molecular complexity index is 1020. The minimum Gasteiger partial charge on any atom is -0.367 e. The maximum Gasteiger partial charge on any atom is 0.293 e. The number of piperazine rings is 1. The van der Waals surface area contributed by atoms with Crippen LogP contribution >= 0.6 is 0 Å². The summed E-state index contributed by atoms with van der Waals surface area (Å²) in [6, 6.07) is 14.8. The molecule has 1 amide bonds. The topological polar surface area (TPSA) is 45.3 Å². The van der Waals surface area contributed by atoms with E-state index in [0.717, 1.165) is 50.0 Å². The van der Waals surface area contributed by atoms with Crippen LogP contribution in [0.5, 0.6) is 0 Å². The highest BCUT2D eigenvalue weighted by atomic mass is 19.1. The van der Waals surface area contributed by atoms with Crippen molar-refractivity contribution < 1.29 is 18.7 Å². The van der Waals surface area contributed by atoms with E-state index in [9.17, 15) is 9.18 Å². The second-order valence-electron chi connectivity index (χ2n) is 9.52. The number of amides is 1. The van der Waals surface area contributed by atoms with Gasteiger partial charge in [0.05, 0.1) is 30.3 Å². The van der Waals surface area contributed by atoms with Crippen molar-refractivity contribution in [3.05, 3.63) is 59.9 Å². The fourth-order valence-corrected chi connectivity index (χ4v) is 5.76. The van der Waals surface area contributed by atoms with Gasteiger partial charge in [-0.2, -0.15) is 0 Å². The molecule has 4 aliphatic rings. The number of hydrogen-bond acceptors (Lipinski definition) is 5. The first-order chi connectivity index (χ1) is 16.2. The van der Waals surface area contributed by atoms with Gasteiger partial charge in [0.1, 0.15) is 5.82 Å². The Hall–Kier alpha value is -2.48. The van der Waals surface area contributed by atoms with Crippen LogP contribution < -0.4 is 9.80 Å². The lowest BCUT2D eigenvalue weighted by atomic mass is 10.1. The number of anilines is 2. The number of nitrogens with zero attached hydrogens (tertiary/aromatic N) is 3. The third kappa shape index (κ3) is 3.54. The molecule has 6 rings (SSSR count). The van der Waals surface area contributed by atoms with Crippen molar-refractivity contribution in [3.63, 3.8) is 0 Å². The van der Waals surface area contributed by atoms with Crippen molar-refractivity contribution in [2.24, 2.45) is 0 Å². The van der Waals surface area contributed by atoms with Gasteiger partial charge in [-0.05, 0) is 31.0 Å². The van der Waals surface area contributed by atoms with Crippen molar-refractivity contribution in [2.45, 2.75) is 50.1 Å². The zero-order valence-corrected chi connectivity index (χ0v) is 18.8. The summed E-state index contributed by atoms with van der Waals surface area (Å²) in [4.78, 5) is 19.9. The number of para-hydroxylation sites is 2. The van der Waals surface area contributed by atoms with Crippen LogP contribution in [0.25, 0.3) is 0 Å². The third-order valence-electron chi connectivity index (χ3n) is 7.51. The molecule has 2 unspecified atom stereocenters. The average molecular weight is 452 g/mol. The first kappa shape index (κ1) is 21.1. The Labute approximate surface area is 193 Å². The van der Waals surface area contributed by atoms with Gasteiger partial charge in [0.15, 0.2) is 0 Å². The Balaban J connectivity index is 1.20. The number of carbonyl (C=O) groups excluding carboxylic acids is 1. The van der Waals surface area contributed by atoms with E-state index in [0.29, 0.717) is 25.4 Å². The van der Waals surface area contributed by atoms with Crippen LogP contribution in [-0.2, 0) is 20.1 Å². The molecule has 0 bridgehead atoms. The largest absolute Gasteiger partial charge is 0.367 e. The summed E-state index contributed by atoms with van der Waals surface area (Å²) in [6.07, 6.45) is 5.28. The summed E-state index contributed by atoms with van der Waals surface area (Å²) in [5, 5.41) is 0. The predicted molar refractivity (Wildman–Crippen MR) is 123 cm³/mol. The van der Waals surface area contributed by atoms with Gasteiger partial charge >= 0.3 is 0 Å². The Kier molecular flexibility index (Phi) is 5.35. The second kappa shape index (κ2) is 8.38. The van der Waals surface area contributed by atoms with E-state index >= 15 is 0 Å². The lowest BCUT2D eigenvalue weighted by molar-refractivity contribution is -0.191. The summed E-state index contributed by atoms with van der Waals surface area (Å²) >= 11 is 0. The number of benzene rings is 2. The van der Waals surface area contributed by atoms with E-state index in [2.05, 4.69) is 9.80 Å².